The highest BCUT2D eigenvalue weighted by Crippen LogP contribution is 2.53. The van der Waals surface area contributed by atoms with Crippen molar-refractivity contribution in [2.75, 3.05) is 4.90 Å². The van der Waals surface area contributed by atoms with E-state index in [2.05, 4.69) is 28.1 Å². The summed E-state index contributed by atoms with van der Waals surface area (Å²) in [5.41, 5.74) is 1.80. The molecule has 1 saturated heterocycles. The van der Waals surface area contributed by atoms with Crippen LogP contribution in [-0.2, 0) is 16.0 Å². The molecule has 1 saturated carbocycles. The molecule has 0 spiro atoms. The SMILES string of the molecule is CCc1cc(Br)ccc1N1C(=O)[C@@H]2[C@H](C1=O)[C@H]1C=C[C@@H]2C1. The standard InChI is InChI=1S/C17H16BrNO2/c1-2-9-8-12(18)5-6-13(9)19-16(20)14-10-3-4-11(7-10)15(14)17(19)21/h3-6,8,10-11,14-15H,2,7H2,1H3/t10-,11+,14+,15-. The van der Waals surface area contributed by atoms with Gasteiger partial charge in [0.15, 0.2) is 0 Å². The number of benzene rings is 1. The van der Waals surface area contributed by atoms with Crippen LogP contribution in [0.5, 0.6) is 0 Å². The van der Waals surface area contributed by atoms with Gasteiger partial charge < -0.3 is 0 Å². The molecule has 2 aliphatic carbocycles. The number of nitrogens with zero attached hydrogens (tertiary/aromatic N) is 1. The Labute approximate surface area is 132 Å². The minimum Gasteiger partial charge on any atom is -0.274 e. The molecular formula is C17H16BrNO2. The molecule has 2 fully saturated rings. The van der Waals surface area contributed by atoms with Crippen molar-refractivity contribution >= 4 is 33.4 Å². The number of imide groups is 1. The second kappa shape index (κ2) is 4.54. The summed E-state index contributed by atoms with van der Waals surface area (Å²) in [5.74, 6) is 0.281. The average Bonchev–Trinajstić information content (AvgIpc) is 3.14. The third-order valence-corrected chi connectivity index (χ3v) is 5.63. The predicted octanol–water partition coefficient (Wildman–Crippen LogP) is 3.32. The number of halogens is 1. The zero-order valence-electron chi connectivity index (χ0n) is 11.8. The maximum absolute atomic E-state index is 12.8. The van der Waals surface area contributed by atoms with Crippen LogP contribution >= 0.6 is 15.9 Å². The van der Waals surface area contributed by atoms with E-state index in [1.165, 1.54) is 4.90 Å². The summed E-state index contributed by atoms with van der Waals surface area (Å²) >= 11 is 3.46. The zero-order chi connectivity index (χ0) is 14.7. The Bertz CT molecular complexity index is 651. The fraction of sp³-hybridized carbons (Fsp3) is 0.412. The lowest BCUT2D eigenvalue weighted by molar-refractivity contribution is -0.123. The molecule has 21 heavy (non-hydrogen) atoms. The summed E-state index contributed by atoms with van der Waals surface area (Å²) in [7, 11) is 0. The number of hydrogen-bond acceptors (Lipinski definition) is 2. The molecule has 4 atom stereocenters. The lowest BCUT2D eigenvalue weighted by Gasteiger charge is -2.20. The van der Waals surface area contributed by atoms with Crippen molar-refractivity contribution in [2.24, 2.45) is 23.7 Å². The van der Waals surface area contributed by atoms with Gasteiger partial charge in [0.05, 0.1) is 17.5 Å². The van der Waals surface area contributed by atoms with Crippen molar-refractivity contribution in [2.45, 2.75) is 19.8 Å². The minimum atomic E-state index is -0.124. The molecule has 1 aliphatic heterocycles. The predicted molar refractivity (Wildman–Crippen MR) is 83.7 cm³/mol. The fourth-order valence-electron chi connectivity index (χ4n) is 4.20. The van der Waals surface area contributed by atoms with Crippen LogP contribution in [0.4, 0.5) is 5.69 Å². The fourth-order valence-corrected chi connectivity index (χ4v) is 4.60. The molecule has 2 bridgehead atoms. The van der Waals surface area contributed by atoms with Gasteiger partial charge in [-0.1, -0.05) is 35.0 Å². The number of anilines is 1. The van der Waals surface area contributed by atoms with Gasteiger partial charge in [0, 0.05) is 4.47 Å². The van der Waals surface area contributed by atoms with E-state index in [9.17, 15) is 9.59 Å². The molecule has 0 aromatic heterocycles. The lowest BCUT2D eigenvalue weighted by Crippen LogP contribution is -2.33. The Kier molecular flexibility index (Phi) is 2.86. The average molecular weight is 346 g/mol. The Hall–Kier alpha value is -1.42. The second-order valence-corrected chi connectivity index (χ2v) is 7.05. The number of carbonyl (C=O) groups is 2. The summed E-state index contributed by atoms with van der Waals surface area (Å²) in [6.07, 6.45) is 6.03. The molecule has 3 nitrogen and oxygen atoms in total. The summed E-state index contributed by atoms with van der Waals surface area (Å²) in [4.78, 5) is 27.1. The molecule has 108 valence electrons. The molecular weight excluding hydrogens is 330 g/mol. The summed E-state index contributed by atoms with van der Waals surface area (Å²) in [5, 5.41) is 0. The van der Waals surface area contributed by atoms with E-state index in [1.807, 2.05) is 25.1 Å². The highest BCUT2D eigenvalue weighted by Gasteiger charge is 2.59. The summed E-state index contributed by atoms with van der Waals surface area (Å²) < 4.78 is 0.976. The van der Waals surface area contributed by atoms with Crippen molar-refractivity contribution in [1.29, 1.82) is 0 Å². The maximum atomic E-state index is 12.8. The Morgan fingerprint density at radius 1 is 1.14 bits per heavy atom. The smallest absolute Gasteiger partial charge is 0.238 e. The van der Waals surface area contributed by atoms with E-state index in [1.54, 1.807) is 0 Å². The molecule has 1 heterocycles. The number of allylic oxidation sites excluding steroid dienone is 2. The molecule has 0 unspecified atom stereocenters. The third-order valence-electron chi connectivity index (χ3n) is 5.13. The van der Waals surface area contributed by atoms with E-state index in [0.29, 0.717) is 0 Å². The van der Waals surface area contributed by atoms with Gasteiger partial charge in [0.2, 0.25) is 11.8 Å². The Morgan fingerprint density at radius 2 is 1.76 bits per heavy atom. The van der Waals surface area contributed by atoms with Crippen LogP contribution in [0.2, 0.25) is 0 Å². The molecule has 0 N–H and O–H groups in total. The largest absolute Gasteiger partial charge is 0.274 e. The van der Waals surface area contributed by atoms with Crippen LogP contribution in [0.25, 0.3) is 0 Å². The normalized spacial score (nSPS) is 33.1. The first-order valence-corrected chi connectivity index (χ1v) is 8.25. The maximum Gasteiger partial charge on any atom is 0.238 e. The van der Waals surface area contributed by atoms with Gasteiger partial charge in [-0.05, 0) is 48.4 Å². The van der Waals surface area contributed by atoms with Crippen LogP contribution in [0.3, 0.4) is 0 Å². The zero-order valence-corrected chi connectivity index (χ0v) is 13.3. The van der Waals surface area contributed by atoms with Gasteiger partial charge in [0.1, 0.15) is 0 Å². The van der Waals surface area contributed by atoms with Gasteiger partial charge in [-0.3, -0.25) is 9.59 Å². The van der Waals surface area contributed by atoms with E-state index in [4.69, 9.17) is 0 Å². The van der Waals surface area contributed by atoms with Gasteiger partial charge in [0.25, 0.3) is 0 Å². The van der Waals surface area contributed by atoms with Crippen LogP contribution in [-0.4, -0.2) is 11.8 Å². The number of hydrogen-bond donors (Lipinski definition) is 0. The molecule has 1 aromatic rings. The third kappa shape index (κ3) is 1.71. The summed E-state index contributed by atoms with van der Waals surface area (Å²) in [6.45, 7) is 2.04. The summed E-state index contributed by atoms with van der Waals surface area (Å²) in [6, 6.07) is 5.78. The number of carbonyl (C=O) groups excluding carboxylic acids is 2. The van der Waals surface area contributed by atoms with E-state index in [0.717, 1.165) is 28.6 Å². The first-order valence-electron chi connectivity index (χ1n) is 7.46. The van der Waals surface area contributed by atoms with Crippen molar-refractivity contribution in [1.82, 2.24) is 0 Å². The van der Waals surface area contributed by atoms with Crippen molar-refractivity contribution in [3.63, 3.8) is 0 Å². The van der Waals surface area contributed by atoms with E-state index >= 15 is 0 Å². The Balaban J connectivity index is 1.78. The first kappa shape index (κ1) is 13.3. The quantitative estimate of drug-likeness (QED) is 0.609. The van der Waals surface area contributed by atoms with Gasteiger partial charge in [-0.25, -0.2) is 4.90 Å². The van der Waals surface area contributed by atoms with Crippen molar-refractivity contribution in [3.8, 4) is 0 Å². The number of aryl methyl sites for hydroxylation is 1. The monoisotopic (exact) mass is 345 g/mol. The number of amides is 2. The highest BCUT2D eigenvalue weighted by atomic mass is 79.9. The Morgan fingerprint density at radius 3 is 2.33 bits per heavy atom. The molecule has 1 aromatic carbocycles. The molecule has 0 radical (unpaired) electrons. The molecule has 4 heteroatoms. The highest BCUT2D eigenvalue weighted by molar-refractivity contribution is 9.10. The van der Waals surface area contributed by atoms with Crippen LogP contribution < -0.4 is 4.90 Å². The topological polar surface area (TPSA) is 37.4 Å². The van der Waals surface area contributed by atoms with Gasteiger partial charge >= 0.3 is 0 Å². The first-order chi connectivity index (χ1) is 10.1. The molecule has 4 rings (SSSR count). The van der Waals surface area contributed by atoms with Crippen molar-refractivity contribution < 1.29 is 9.59 Å². The second-order valence-electron chi connectivity index (χ2n) is 6.14. The molecule has 3 aliphatic rings. The van der Waals surface area contributed by atoms with E-state index in [-0.39, 0.29) is 35.5 Å². The van der Waals surface area contributed by atoms with Crippen LogP contribution in [0, 0.1) is 23.7 Å². The van der Waals surface area contributed by atoms with Gasteiger partial charge in [-0.15, -0.1) is 0 Å². The van der Waals surface area contributed by atoms with Crippen molar-refractivity contribution in [3.05, 3.63) is 40.4 Å². The van der Waals surface area contributed by atoms with Crippen LogP contribution in [0.15, 0.2) is 34.8 Å². The number of rotatable bonds is 2. The number of fused-ring (bicyclic) bond motifs is 5. The minimum absolute atomic E-state index is 0.00104. The van der Waals surface area contributed by atoms with Gasteiger partial charge in [-0.2, -0.15) is 0 Å². The lowest BCUT2D eigenvalue weighted by atomic mass is 9.85. The van der Waals surface area contributed by atoms with Crippen LogP contribution in [0.1, 0.15) is 18.9 Å². The van der Waals surface area contributed by atoms with E-state index < -0.39 is 0 Å². The molecule has 2 amide bonds.